The number of fused-ring (bicyclic) bond motifs is 7. The van der Waals surface area contributed by atoms with Crippen molar-refractivity contribution in [3.8, 4) is 11.5 Å². The number of aliphatic hydroxyl groups excluding tert-OH is 1. The number of aromatic nitrogens is 2. The van der Waals surface area contributed by atoms with E-state index in [1.807, 2.05) is 26.8 Å². The van der Waals surface area contributed by atoms with Crippen LogP contribution in [0.4, 0.5) is 20.2 Å². The maximum absolute atomic E-state index is 16.8. The second kappa shape index (κ2) is 28.3. The molecule has 0 amide bonds. The Hall–Kier alpha value is -9.52. The standard InChI is InChI=1S/C76H86F2N6O22/c1-38-29-81(23-21-79(38)33-56-40(3)102-72(94)105-56)64-53(77)26-48-62(68(64)97-7)83(43-10-11-43)31-50(66(48)90)70(92)100-35-46(104-60(89)16-15-59(88)99-37-58(87)76(96)20-18-52-47-14-9-42-25-45(85)17-19-74(42,5)61(47)55(86)28-75(52,76)6)36-101-71(93)51-32-84(44-12-13-44)63-49(67(51)91)27-54(78)65(69(63)98-8)82-24-22-80(39(2)30-82)34-57-41(4)103-73(95)106-57/h17,19,25-27,31-32,38-39,43-44,46-47,52,55,61,86,96H,9-16,18,20-24,28-30,33-37H2,1-8H3/t38?,39?,46?,47-,52-,55-,61?,74-,75-,76-/m0/s1. The minimum absolute atomic E-state index is 0.0440. The number of aryl methyl sites for hydroxylation is 2. The second-order valence-corrected chi connectivity index (χ2v) is 30.2. The highest BCUT2D eigenvalue weighted by molar-refractivity contribution is 6.02. The van der Waals surface area contributed by atoms with Crippen LogP contribution >= 0.6 is 0 Å². The molecule has 28 nitrogen and oxygen atoms in total. The molecule has 6 aliphatic carbocycles. The quantitative estimate of drug-likeness (QED) is 0.0471. The van der Waals surface area contributed by atoms with Crippen molar-refractivity contribution in [2.45, 2.75) is 167 Å². The van der Waals surface area contributed by atoms with Gasteiger partial charge in [-0.25, -0.2) is 28.0 Å². The third-order valence-corrected chi connectivity index (χ3v) is 23.8. The van der Waals surface area contributed by atoms with Gasteiger partial charge in [-0.05, 0) is 122 Å². The van der Waals surface area contributed by atoms with Crippen LogP contribution < -0.4 is 41.8 Å². The fraction of sp³-hybridized carbons (Fsp3) is 0.553. The number of hydrogen-bond acceptors (Lipinski definition) is 26. The molecule has 14 rings (SSSR count). The van der Waals surface area contributed by atoms with Gasteiger partial charge in [-0.2, -0.15) is 0 Å². The van der Waals surface area contributed by atoms with Gasteiger partial charge in [0.2, 0.25) is 16.6 Å². The predicted octanol–water partition coefficient (Wildman–Crippen LogP) is 7.24. The van der Waals surface area contributed by atoms with Gasteiger partial charge in [0.05, 0.1) is 68.1 Å². The molecule has 106 heavy (non-hydrogen) atoms. The Morgan fingerprint density at radius 1 is 0.670 bits per heavy atom. The van der Waals surface area contributed by atoms with Gasteiger partial charge in [-0.3, -0.25) is 38.6 Å². The zero-order chi connectivity index (χ0) is 75.3. The average molecular weight is 1470 g/mol. The highest BCUT2D eigenvalue weighted by Gasteiger charge is 2.68. The van der Waals surface area contributed by atoms with E-state index in [0.717, 1.165) is 17.7 Å². The van der Waals surface area contributed by atoms with Crippen LogP contribution in [-0.4, -0.2) is 168 Å². The predicted molar refractivity (Wildman–Crippen MR) is 373 cm³/mol. The summed E-state index contributed by atoms with van der Waals surface area (Å²) in [6.07, 6.45) is 7.86. The lowest BCUT2D eigenvalue weighted by Gasteiger charge is -2.59. The number of carbonyl (C=O) groups is 6. The van der Waals surface area contributed by atoms with Crippen LogP contribution in [0.3, 0.4) is 0 Å². The van der Waals surface area contributed by atoms with Crippen LogP contribution in [0.2, 0.25) is 0 Å². The molecule has 30 heteroatoms. The molecule has 6 aromatic rings. The summed E-state index contributed by atoms with van der Waals surface area (Å²) in [5.41, 5.74) is -5.09. The normalized spacial score (nSPS) is 26.3. The van der Waals surface area contributed by atoms with Crippen LogP contribution in [0.15, 0.2) is 85.2 Å². The van der Waals surface area contributed by atoms with Gasteiger partial charge in [0, 0.05) is 92.6 Å². The van der Waals surface area contributed by atoms with E-state index in [9.17, 15) is 58.2 Å². The second-order valence-electron chi connectivity index (χ2n) is 30.2. The number of rotatable bonds is 23. The molecule has 2 N–H and O–H groups in total. The topological polar surface area (TPSA) is 342 Å². The first-order chi connectivity index (χ1) is 50.5. The molecule has 7 fully saturated rings. The number of halogens is 2. The van der Waals surface area contributed by atoms with E-state index in [-0.39, 0.29) is 118 Å². The number of carbonyl (C=O) groups excluding carboxylic acids is 6. The molecule has 8 aliphatic rings. The zero-order valence-corrected chi connectivity index (χ0v) is 60.3. The molecule has 2 aliphatic heterocycles. The first kappa shape index (κ1) is 73.4. The number of allylic oxidation sites excluding steroid dienone is 4. The molecule has 566 valence electrons. The number of esters is 4. The molecule has 9 atom stereocenters. The van der Waals surface area contributed by atoms with E-state index in [2.05, 4.69) is 9.80 Å². The number of aliphatic hydroxyl groups is 2. The molecule has 6 heterocycles. The van der Waals surface area contributed by atoms with Gasteiger partial charge >= 0.3 is 35.5 Å². The Balaban J connectivity index is 0.692. The average Bonchev–Trinajstić information content (AvgIpc) is 1.46. The Morgan fingerprint density at radius 2 is 1.17 bits per heavy atom. The summed E-state index contributed by atoms with van der Waals surface area (Å²) in [7, 11) is 2.69. The lowest BCUT2D eigenvalue weighted by molar-refractivity contribution is -0.181. The summed E-state index contributed by atoms with van der Waals surface area (Å²) in [5.74, 6) is -7.85. The maximum Gasteiger partial charge on any atom is 0.519 e. The fourth-order valence-corrected chi connectivity index (χ4v) is 17.9. The number of methoxy groups -OCH3 is 2. The summed E-state index contributed by atoms with van der Waals surface area (Å²) >= 11 is 0. The third-order valence-electron chi connectivity index (χ3n) is 23.8. The van der Waals surface area contributed by atoms with Gasteiger partial charge < -0.3 is 75.2 Å². The number of pyridine rings is 2. The van der Waals surface area contributed by atoms with Crippen LogP contribution in [0, 0.1) is 54.1 Å². The van der Waals surface area contributed by atoms with Gasteiger partial charge in [0.25, 0.3) is 0 Å². The Kier molecular flexibility index (Phi) is 19.6. The van der Waals surface area contributed by atoms with Crippen molar-refractivity contribution in [3.63, 3.8) is 0 Å². The molecular formula is C76H86F2N6O22. The largest absolute Gasteiger partial charge is 0.519 e. The highest BCUT2D eigenvalue weighted by Crippen LogP contribution is 2.67. The molecule has 2 saturated heterocycles. The van der Waals surface area contributed by atoms with Crippen molar-refractivity contribution >= 4 is 68.6 Å². The zero-order valence-electron chi connectivity index (χ0n) is 60.3. The van der Waals surface area contributed by atoms with Crippen molar-refractivity contribution in [3.05, 3.63) is 136 Å². The van der Waals surface area contributed by atoms with E-state index in [0.29, 0.717) is 107 Å². The minimum atomic E-state index is -1.99. The molecule has 4 aromatic heterocycles. The molecular weight excluding hydrogens is 1390 g/mol. The van der Waals surface area contributed by atoms with Crippen molar-refractivity contribution in [1.82, 2.24) is 18.9 Å². The monoisotopic (exact) mass is 1470 g/mol. The molecule has 5 saturated carbocycles. The molecule has 3 unspecified atom stereocenters. The number of ketones is 2. The Morgan fingerprint density at radius 3 is 1.63 bits per heavy atom. The van der Waals surface area contributed by atoms with Gasteiger partial charge in [0.1, 0.15) is 52.8 Å². The summed E-state index contributed by atoms with van der Waals surface area (Å²) in [6.45, 7) is 10.8. The van der Waals surface area contributed by atoms with Crippen LogP contribution in [0.25, 0.3) is 21.8 Å². The lowest BCUT2D eigenvalue weighted by Crippen LogP contribution is -2.61. The summed E-state index contributed by atoms with van der Waals surface area (Å²) in [6, 6.07) is 1.15. The Labute approximate surface area is 605 Å². The van der Waals surface area contributed by atoms with Crippen LogP contribution in [-0.2, 0) is 51.2 Å². The first-order valence-electron chi connectivity index (χ1n) is 36.2. The number of nitrogens with zero attached hydrogens (tertiary/aromatic N) is 6. The number of anilines is 2. The summed E-state index contributed by atoms with van der Waals surface area (Å²) < 4.78 is 92.1. The summed E-state index contributed by atoms with van der Waals surface area (Å²) in [4.78, 5) is 143. The number of ether oxygens (including phenoxy) is 6. The number of Topliss-reactive ketones (excluding diaryl/α,β-unsaturated/α-hetero) is 1. The van der Waals surface area contributed by atoms with Crippen molar-refractivity contribution in [1.29, 1.82) is 0 Å². The van der Waals surface area contributed by atoms with Crippen molar-refractivity contribution in [2.75, 3.05) is 83.1 Å². The Bertz CT molecular complexity index is 4680. The van der Waals surface area contributed by atoms with Gasteiger partial charge in [0.15, 0.2) is 53.1 Å². The smallest absolute Gasteiger partial charge is 0.492 e. The minimum Gasteiger partial charge on any atom is -0.492 e. The van der Waals surface area contributed by atoms with Gasteiger partial charge in [-0.15, -0.1) is 0 Å². The maximum atomic E-state index is 16.8. The van der Waals surface area contributed by atoms with Crippen molar-refractivity contribution < 1.29 is 93.9 Å². The van der Waals surface area contributed by atoms with E-state index in [4.69, 9.17) is 46.1 Å². The number of hydrogen-bond donors (Lipinski definition) is 2. The van der Waals surface area contributed by atoms with Crippen molar-refractivity contribution in [2.24, 2.45) is 28.6 Å². The molecule has 0 spiro atoms. The van der Waals surface area contributed by atoms with Crippen LogP contribution in [0.5, 0.6) is 11.5 Å². The molecule has 0 bridgehead atoms. The fourth-order valence-electron chi connectivity index (χ4n) is 17.9. The van der Waals surface area contributed by atoms with Gasteiger partial charge in [-0.1, -0.05) is 25.5 Å². The summed E-state index contributed by atoms with van der Waals surface area (Å²) in [5, 5.41) is 23.8. The third kappa shape index (κ3) is 13.3. The van der Waals surface area contributed by atoms with E-state index in [1.54, 1.807) is 45.8 Å². The van der Waals surface area contributed by atoms with Crippen LogP contribution in [0.1, 0.15) is 154 Å². The lowest BCUT2D eigenvalue weighted by atomic mass is 9.46. The number of piperazine rings is 2. The van der Waals surface area contributed by atoms with E-state index >= 15 is 8.78 Å². The highest BCUT2D eigenvalue weighted by atomic mass is 19.1. The number of benzene rings is 2. The van der Waals surface area contributed by atoms with E-state index in [1.165, 1.54) is 32.7 Å². The molecule has 2 aromatic carbocycles. The van der Waals surface area contributed by atoms with E-state index < -0.39 is 136 Å². The molecule has 0 radical (unpaired) electrons. The SMILES string of the molecule is COc1c(N2CCN(Cc3oc(=O)oc3C)C(C)C2)c(F)cc2c(=O)c(C(=O)OCC(COC(=O)c3cn(C4CC4)c4c(OC)c(N5CCN(Cc6oc(=O)oc6C)C(C)C5)c(F)cc4c3=O)OC(=O)CCC(=O)OCC(=O)[C@@]3(O)CC[C@H]4[C@@H]5CCC6=CC(=O)C=C[C@]6(C)C5[C@@H](O)C[C@@]43C)cn(C3CC3)c12. The first-order valence-corrected chi connectivity index (χ1v) is 36.2.